The van der Waals surface area contributed by atoms with Crippen LogP contribution in [0.3, 0.4) is 0 Å². The second kappa shape index (κ2) is 6.30. The van der Waals surface area contributed by atoms with Crippen molar-refractivity contribution in [3.8, 4) is 0 Å². The highest BCUT2D eigenvalue weighted by atomic mass is 35.5. The smallest absolute Gasteiger partial charge is 0.170 e. The highest BCUT2D eigenvalue weighted by molar-refractivity contribution is 7.80. The third-order valence-corrected chi connectivity index (χ3v) is 5.20. The molecule has 0 bridgehead atoms. The van der Waals surface area contributed by atoms with Crippen LogP contribution >= 0.6 is 35.2 Å². The van der Waals surface area contributed by atoms with Crippen LogP contribution in [0.25, 0.3) is 0 Å². The van der Waals surface area contributed by atoms with Gasteiger partial charge >= 0.3 is 0 Å². The van der Waals surface area contributed by atoms with Crippen molar-refractivity contribution < 1.29 is 0 Å². The largest absolute Gasteiger partial charge is 0.352 e. The fourth-order valence-corrected chi connectivity index (χ4v) is 4.23. The minimum atomic E-state index is 0.0694. The van der Waals surface area contributed by atoms with Gasteiger partial charge in [0.2, 0.25) is 0 Å². The molecule has 21 heavy (non-hydrogen) atoms. The van der Waals surface area contributed by atoms with E-state index in [9.17, 15) is 0 Å². The van der Waals surface area contributed by atoms with E-state index in [1.165, 1.54) is 4.88 Å². The number of nitrogens with zero attached hydrogens (tertiary/aromatic N) is 2. The van der Waals surface area contributed by atoms with Crippen molar-refractivity contribution in [2.75, 3.05) is 6.54 Å². The van der Waals surface area contributed by atoms with Crippen LogP contribution in [0.15, 0.2) is 36.5 Å². The van der Waals surface area contributed by atoms with Crippen molar-refractivity contribution in [3.05, 3.63) is 51.4 Å². The summed E-state index contributed by atoms with van der Waals surface area (Å²) < 4.78 is 0.805. The summed E-state index contributed by atoms with van der Waals surface area (Å²) in [5, 5.41) is 4.21. The van der Waals surface area contributed by atoms with Gasteiger partial charge in [-0.3, -0.25) is 4.98 Å². The Balaban J connectivity index is 2.00. The Bertz CT molecular complexity index is 629. The van der Waals surface area contributed by atoms with Crippen molar-refractivity contribution in [2.45, 2.75) is 25.4 Å². The summed E-state index contributed by atoms with van der Waals surface area (Å²) in [5.74, 6) is 0. The van der Waals surface area contributed by atoms with Crippen molar-refractivity contribution in [1.82, 2.24) is 15.2 Å². The standard InChI is InChI=1S/C15H16ClN3S2/c1-2-9-19-14(11-6-7-12(16)21-11)13(18-15(19)20)10-5-3-4-8-17-10/h3-8,13-14H,2,9H2,1H3,(H,18,20)/t13-,14+/m1/s1. The molecule has 1 N–H and O–H groups in total. The molecule has 0 amide bonds. The predicted molar refractivity (Wildman–Crippen MR) is 91.8 cm³/mol. The minimum Gasteiger partial charge on any atom is -0.352 e. The zero-order valence-electron chi connectivity index (χ0n) is 11.6. The summed E-state index contributed by atoms with van der Waals surface area (Å²) in [6.07, 6.45) is 2.87. The molecule has 110 valence electrons. The molecule has 6 heteroatoms. The third-order valence-electron chi connectivity index (χ3n) is 3.55. The number of nitrogens with one attached hydrogen (secondary N) is 1. The van der Waals surface area contributed by atoms with Crippen LogP contribution < -0.4 is 5.32 Å². The van der Waals surface area contributed by atoms with Gasteiger partial charge in [0.05, 0.1) is 22.1 Å². The summed E-state index contributed by atoms with van der Waals surface area (Å²) >= 11 is 13.3. The van der Waals surface area contributed by atoms with E-state index in [0.29, 0.717) is 0 Å². The molecule has 0 aliphatic carbocycles. The fourth-order valence-electron chi connectivity index (χ4n) is 2.68. The number of hydrogen-bond acceptors (Lipinski definition) is 3. The number of rotatable bonds is 4. The summed E-state index contributed by atoms with van der Waals surface area (Å²) in [7, 11) is 0. The van der Waals surface area contributed by atoms with E-state index in [1.54, 1.807) is 11.3 Å². The highest BCUT2D eigenvalue weighted by Crippen LogP contribution is 2.42. The quantitative estimate of drug-likeness (QED) is 0.847. The van der Waals surface area contributed by atoms with Crippen LogP contribution in [0.5, 0.6) is 0 Å². The number of pyridine rings is 1. The Hall–Kier alpha value is -1.17. The first-order valence-corrected chi connectivity index (χ1v) is 8.54. The first kappa shape index (κ1) is 14.8. The summed E-state index contributed by atoms with van der Waals surface area (Å²) in [6, 6.07) is 10.2. The van der Waals surface area contributed by atoms with Gasteiger partial charge in [-0.25, -0.2) is 0 Å². The molecule has 0 spiro atoms. The van der Waals surface area contributed by atoms with Gasteiger partial charge in [-0.2, -0.15) is 0 Å². The zero-order valence-corrected chi connectivity index (χ0v) is 14.0. The number of hydrogen-bond donors (Lipinski definition) is 1. The molecule has 1 aliphatic rings. The first-order chi connectivity index (χ1) is 10.2. The molecule has 0 saturated carbocycles. The second-order valence-corrected chi connectivity index (χ2v) is 7.10. The SMILES string of the molecule is CCCN1C(=S)N[C@H](c2ccccn2)[C@@H]1c1ccc(Cl)s1. The van der Waals surface area contributed by atoms with Gasteiger partial charge in [-0.1, -0.05) is 24.6 Å². The molecule has 2 atom stereocenters. The Labute approximate surface area is 139 Å². The number of aromatic nitrogens is 1. The Morgan fingerprint density at radius 1 is 1.38 bits per heavy atom. The zero-order chi connectivity index (χ0) is 14.8. The van der Waals surface area contributed by atoms with Gasteiger partial charge in [-0.15, -0.1) is 11.3 Å². The van der Waals surface area contributed by atoms with Gasteiger partial charge in [0.25, 0.3) is 0 Å². The average molecular weight is 338 g/mol. The van der Waals surface area contributed by atoms with Gasteiger partial charge in [-0.05, 0) is 42.9 Å². The highest BCUT2D eigenvalue weighted by Gasteiger charge is 2.39. The van der Waals surface area contributed by atoms with E-state index in [0.717, 1.165) is 28.1 Å². The van der Waals surface area contributed by atoms with E-state index < -0.39 is 0 Å². The van der Waals surface area contributed by atoms with Crippen LogP contribution in [-0.2, 0) is 0 Å². The number of thiocarbonyl (C=S) groups is 1. The molecule has 3 rings (SSSR count). The summed E-state index contributed by atoms with van der Waals surface area (Å²) in [5.41, 5.74) is 1.01. The Kier molecular flexibility index (Phi) is 4.42. The van der Waals surface area contributed by atoms with E-state index >= 15 is 0 Å². The second-order valence-electron chi connectivity index (χ2n) is 4.96. The van der Waals surface area contributed by atoms with Crippen molar-refractivity contribution in [2.24, 2.45) is 0 Å². The molecular formula is C15H16ClN3S2. The Morgan fingerprint density at radius 2 is 2.24 bits per heavy atom. The number of thiophene rings is 1. The van der Waals surface area contributed by atoms with Crippen molar-refractivity contribution in [1.29, 1.82) is 0 Å². The topological polar surface area (TPSA) is 28.2 Å². The molecule has 2 aromatic heterocycles. The summed E-state index contributed by atoms with van der Waals surface area (Å²) in [6.45, 7) is 3.09. The van der Waals surface area contributed by atoms with Gasteiger partial charge < -0.3 is 10.2 Å². The molecule has 1 fully saturated rings. The van der Waals surface area contributed by atoms with E-state index in [4.69, 9.17) is 23.8 Å². The van der Waals surface area contributed by atoms with Gasteiger partial charge in [0, 0.05) is 17.6 Å². The van der Waals surface area contributed by atoms with E-state index in [1.807, 2.05) is 30.5 Å². The maximum absolute atomic E-state index is 6.12. The van der Waals surface area contributed by atoms with Gasteiger partial charge in [0.15, 0.2) is 5.11 Å². The number of halogens is 1. The molecule has 1 saturated heterocycles. The molecule has 3 nitrogen and oxygen atoms in total. The van der Waals surface area contributed by atoms with E-state index in [-0.39, 0.29) is 12.1 Å². The van der Waals surface area contributed by atoms with Crippen molar-refractivity contribution >= 4 is 40.3 Å². The molecule has 3 heterocycles. The van der Waals surface area contributed by atoms with Crippen LogP contribution in [-0.4, -0.2) is 21.5 Å². The lowest BCUT2D eigenvalue weighted by atomic mass is 10.0. The molecule has 0 radical (unpaired) electrons. The van der Waals surface area contributed by atoms with Crippen LogP contribution in [0.1, 0.15) is 36.0 Å². The molecule has 1 aliphatic heterocycles. The summed E-state index contributed by atoms with van der Waals surface area (Å²) in [4.78, 5) is 7.96. The average Bonchev–Trinajstić information content (AvgIpc) is 3.05. The monoisotopic (exact) mass is 337 g/mol. The maximum atomic E-state index is 6.12. The van der Waals surface area contributed by atoms with Crippen LogP contribution in [0.2, 0.25) is 4.34 Å². The normalized spacial score (nSPS) is 21.6. The van der Waals surface area contributed by atoms with Crippen LogP contribution in [0.4, 0.5) is 0 Å². The first-order valence-electron chi connectivity index (χ1n) is 6.94. The fraction of sp³-hybridized carbons (Fsp3) is 0.333. The molecule has 2 aromatic rings. The van der Waals surface area contributed by atoms with Crippen LogP contribution in [0, 0.1) is 0 Å². The Morgan fingerprint density at radius 3 is 2.86 bits per heavy atom. The van der Waals surface area contributed by atoms with Gasteiger partial charge in [0.1, 0.15) is 0 Å². The molecule has 0 unspecified atom stereocenters. The third kappa shape index (κ3) is 2.91. The molecule has 0 aromatic carbocycles. The predicted octanol–water partition coefficient (Wildman–Crippen LogP) is 4.18. The maximum Gasteiger partial charge on any atom is 0.170 e. The lowest BCUT2D eigenvalue weighted by Gasteiger charge is -2.26. The van der Waals surface area contributed by atoms with E-state index in [2.05, 4.69) is 28.2 Å². The molecular weight excluding hydrogens is 322 g/mol. The van der Waals surface area contributed by atoms with Crippen molar-refractivity contribution in [3.63, 3.8) is 0 Å². The lowest BCUT2D eigenvalue weighted by molar-refractivity contribution is 0.322. The lowest BCUT2D eigenvalue weighted by Crippen LogP contribution is -2.29. The minimum absolute atomic E-state index is 0.0694.